The highest BCUT2D eigenvalue weighted by Gasteiger charge is 2.04. The molecule has 0 saturated heterocycles. The predicted octanol–water partition coefficient (Wildman–Crippen LogP) is -3.49. The van der Waals surface area contributed by atoms with Crippen molar-refractivity contribution in [3.8, 4) is 0 Å². The van der Waals surface area contributed by atoms with Crippen LogP contribution in [0.4, 0.5) is 0 Å². The summed E-state index contributed by atoms with van der Waals surface area (Å²) in [5, 5.41) is 0. The summed E-state index contributed by atoms with van der Waals surface area (Å²) in [6.07, 6.45) is 18.3. The van der Waals surface area contributed by atoms with Crippen LogP contribution < -0.4 is 33.9 Å². The van der Waals surface area contributed by atoms with E-state index in [0.29, 0.717) is 13.5 Å². The molecule has 0 aliphatic heterocycles. The van der Waals surface area contributed by atoms with Crippen molar-refractivity contribution in [2.45, 2.75) is 72.5 Å². The lowest BCUT2D eigenvalue weighted by atomic mass is 10.3. The number of unbranched alkanes of at least 4 members (excludes halogenated alkanes) is 2. The first-order valence-electron chi connectivity index (χ1n) is 9.57. The zero-order valence-corrected chi connectivity index (χ0v) is 18.1. The Morgan fingerprint density at radius 1 is 0.704 bits per heavy atom. The van der Waals surface area contributed by atoms with Gasteiger partial charge in [-0.05, 0) is 19.3 Å². The van der Waals surface area contributed by atoms with Crippen molar-refractivity contribution in [1.82, 2.24) is 9.13 Å². The molecule has 27 heavy (non-hydrogen) atoms. The molecule has 156 valence electrons. The summed E-state index contributed by atoms with van der Waals surface area (Å²) in [4.78, 5) is 0. The normalized spacial score (nSPS) is 10.4. The molecule has 2 rings (SSSR count). The van der Waals surface area contributed by atoms with E-state index in [9.17, 15) is 0 Å². The van der Waals surface area contributed by atoms with Crippen LogP contribution in [0.5, 0.6) is 0 Å². The SMILES string of the molecule is CCCCn1cc[n+](COCCCOC[n+]2ccn(CCCC)c2)c1.[Cl-].[Cl-]. The monoisotopic (exact) mass is 420 g/mol. The van der Waals surface area contributed by atoms with E-state index in [1.807, 2.05) is 0 Å². The molecular weight excluding hydrogens is 387 g/mol. The van der Waals surface area contributed by atoms with E-state index in [2.05, 4.69) is 69.6 Å². The van der Waals surface area contributed by atoms with Gasteiger partial charge >= 0.3 is 0 Å². The van der Waals surface area contributed by atoms with Gasteiger partial charge < -0.3 is 34.3 Å². The fraction of sp³-hybridized carbons (Fsp3) is 0.684. The Balaban J connectivity index is 0.00000338. The predicted molar refractivity (Wildman–Crippen MR) is 95.6 cm³/mol. The lowest BCUT2D eigenvalue weighted by Gasteiger charge is -2.02. The van der Waals surface area contributed by atoms with E-state index in [1.54, 1.807) is 0 Å². The number of aryl methyl sites for hydroxylation is 2. The summed E-state index contributed by atoms with van der Waals surface area (Å²) in [7, 11) is 0. The number of imidazole rings is 2. The first-order chi connectivity index (χ1) is 12.3. The third-order valence-corrected chi connectivity index (χ3v) is 4.09. The molecule has 0 radical (unpaired) electrons. The zero-order chi connectivity index (χ0) is 17.7. The quantitative estimate of drug-likeness (QED) is 0.235. The highest BCUT2D eigenvalue weighted by molar-refractivity contribution is 4.66. The largest absolute Gasteiger partial charge is 1.00 e. The molecule has 0 atom stereocenters. The van der Waals surface area contributed by atoms with Gasteiger partial charge in [0.2, 0.25) is 12.7 Å². The maximum atomic E-state index is 5.70. The Morgan fingerprint density at radius 2 is 1.15 bits per heavy atom. The second-order valence-electron chi connectivity index (χ2n) is 6.47. The number of hydrogen-bond acceptors (Lipinski definition) is 2. The van der Waals surface area contributed by atoms with Crippen LogP contribution >= 0.6 is 0 Å². The number of nitrogens with zero attached hydrogens (tertiary/aromatic N) is 4. The Labute approximate surface area is 175 Å². The van der Waals surface area contributed by atoms with Crippen LogP contribution in [0.3, 0.4) is 0 Å². The van der Waals surface area contributed by atoms with Crippen molar-refractivity contribution in [1.29, 1.82) is 0 Å². The van der Waals surface area contributed by atoms with Crippen LogP contribution in [-0.4, -0.2) is 22.3 Å². The van der Waals surface area contributed by atoms with Gasteiger partial charge in [-0.2, -0.15) is 0 Å². The number of ether oxygens (including phenoxy) is 2. The van der Waals surface area contributed by atoms with E-state index < -0.39 is 0 Å². The van der Waals surface area contributed by atoms with E-state index in [-0.39, 0.29) is 24.8 Å². The van der Waals surface area contributed by atoms with Gasteiger partial charge in [0.25, 0.3) is 0 Å². The summed E-state index contributed by atoms with van der Waals surface area (Å²) in [6.45, 7) is 9.23. The average molecular weight is 421 g/mol. The first kappa shape index (κ1) is 25.9. The number of rotatable bonds is 14. The van der Waals surface area contributed by atoms with Crippen LogP contribution in [0.15, 0.2) is 37.4 Å². The van der Waals surface area contributed by atoms with Crippen molar-refractivity contribution in [2.75, 3.05) is 13.2 Å². The molecule has 0 spiro atoms. The first-order valence-corrected chi connectivity index (χ1v) is 9.57. The van der Waals surface area contributed by atoms with Crippen LogP contribution in [0.2, 0.25) is 0 Å². The average Bonchev–Trinajstić information content (AvgIpc) is 3.26. The minimum atomic E-state index is 0. The van der Waals surface area contributed by atoms with Gasteiger partial charge in [0.15, 0.2) is 13.5 Å². The highest BCUT2D eigenvalue weighted by atomic mass is 35.5. The second-order valence-corrected chi connectivity index (χ2v) is 6.47. The highest BCUT2D eigenvalue weighted by Crippen LogP contribution is 1.94. The van der Waals surface area contributed by atoms with Gasteiger partial charge in [-0.1, -0.05) is 26.7 Å². The molecular formula is C19H34Cl2N4O2. The summed E-state index contributed by atoms with van der Waals surface area (Å²) in [6, 6.07) is 0. The van der Waals surface area contributed by atoms with Gasteiger partial charge in [0.1, 0.15) is 24.8 Å². The number of halogens is 2. The van der Waals surface area contributed by atoms with Gasteiger partial charge in [0, 0.05) is 0 Å². The topological polar surface area (TPSA) is 36.1 Å². The summed E-state index contributed by atoms with van der Waals surface area (Å²) in [5.41, 5.74) is 0. The molecule has 0 bridgehead atoms. The standard InChI is InChI=1S/C19H34N4O2.2ClH/c1-3-5-8-20-10-12-22(16-20)18-24-14-7-15-25-19-23-13-11-21(17-23)9-6-4-2;;/h10-13,16-17H,3-9,14-15,18-19H2,1-2H3;2*1H/q+2;;/p-2. The molecule has 2 aromatic heterocycles. The van der Waals surface area contributed by atoms with E-state index in [0.717, 1.165) is 32.7 Å². The van der Waals surface area contributed by atoms with Crippen molar-refractivity contribution in [3.05, 3.63) is 37.4 Å². The third kappa shape index (κ3) is 10.7. The Kier molecular flexibility index (Phi) is 15.3. The van der Waals surface area contributed by atoms with Crippen LogP contribution in [0.1, 0.15) is 46.0 Å². The van der Waals surface area contributed by atoms with Gasteiger partial charge in [0.05, 0.1) is 26.3 Å². The third-order valence-electron chi connectivity index (χ3n) is 4.09. The number of aromatic nitrogens is 4. The molecule has 0 aromatic carbocycles. The Morgan fingerprint density at radius 3 is 1.56 bits per heavy atom. The second kappa shape index (κ2) is 15.9. The molecule has 6 nitrogen and oxygen atoms in total. The molecule has 0 saturated carbocycles. The Hall–Kier alpha value is -1.08. The lowest BCUT2D eigenvalue weighted by Crippen LogP contribution is -3.00. The minimum absolute atomic E-state index is 0. The van der Waals surface area contributed by atoms with E-state index in [4.69, 9.17) is 9.47 Å². The fourth-order valence-electron chi connectivity index (χ4n) is 2.58. The molecule has 2 aromatic rings. The summed E-state index contributed by atoms with van der Waals surface area (Å²) >= 11 is 0. The molecule has 0 amide bonds. The van der Waals surface area contributed by atoms with Crippen molar-refractivity contribution >= 4 is 0 Å². The van der Waals surface area contributed by atoms with Crippen LogP contribution in [-0.2, 0) is 36.0 Å². The summed E-state index contributed by atoms with van der Waals surface area (Å²) < 4.78 is 20.0. The minimum Gasteiger partial charge on any atom is -1.00 e. The Bertz CT molecular complexity index is 540. The number of hydrogen-bond donors (Lipinski definition) is 0. The fourth-order valence-corrected chi connectivity index (χ4v) is 2.58. The van der Waals surface area contributed by atoms with Crippen LogP contribution in [0, 0.1) is 0 Å². The maximum absolute atomic E-state index is 5.70. The van der Waals surface area contributed by atoms with Gasteiger partial charge in [-0.25, -0.2) is 18.3 Å². The molecule has 8 heteroatoms. The van der Waals surface area contributed by atoms with Gasteiger partial charge in [-0.3, -0.25) is 0 Å². The van der Waals surface area contributed by atoms with Crippen molar-refractivity contribution in [2.24, 2.45) is 0 Å². The van der Waals surface area contributed by atoms with E-state index >= 15 is 0 Å². The summed E-state index contributed by atoms with van der Waals surface area (Å²) in [5.74, 6) is 0. The molecule has 0 aliphatic rings. The van der Waals surface area contributed by atoms with E-state index in [1.165, 1.54) is 25.7 Å². The maximum Gasteiger partial charge on any atom is 0.245 e. The van der Waals surface area contributed by atoms with Crippen molar-refractivity contribution < 1.29 is 43.4 Å². The molecule has 2 heterocycles. The zero-order valence-electron chi connectivity index (χ0n) is 16.6. The molecule has 0 fully saturated rings. The lowest BCUT2D eigenvalue weighted by molar-refractivity contribution is -0.733. The van der Waals surface area contributed by atoms with Gasteiger partial charge in [-0.15, -0.1) is 0 Å². The van der Waals surface area contributed by atoms with Crippen LogP contribution in [0.25, 0.3) is 0 Å². The molecule has 0 aliphatic carbocycles. The molecule has 0 N–H and O–H groups in total. The molecule has 0 unspecified atom stereocenters. The van der Waals surface area contributed by atoms with Crippen molar-refractivity contribution in [3.63, 3.8) is 0 Å². The smallest absolute Gasteiger partial charge is 0.245 e.